The van der Waals surface area contributed by atoms with Crippen LogP contribution in [0.5, 0.6) is 11.5 Å². The van der Waals surface area contributed by atoms with Gasteiger partial charge in [0.15, 0.2) is 17.3 Å². The van der Waals surface area contributed by atoms with Gasteiger partial charge in [-0.25, -0.2) is 4.79 Å². The second-order valence-electron chi connectivity index (χ2n) is 7.85. The zero-order valence-corrected chi connectivity index (χ0v) is 22.1. The molecule has 8 heteroatoms. The number of halogens is 2. The van der Waals surface area contributed by atoms with Crippen LogP contribution < -0.4 is 14.8 Å². The summed E-state index contributed by atoms with van der Waals surface area (Å²) in [6, 6.07) is 10.3. The van der Waals surface area contributed by atoms with Crippen LogP contribution in [0, 0.1) is 27.7 Å². The van der Waals surface area contributed by atoms with Crippen molar-refractivity contribution >= 4 is 47.6 Å². The summed E-state index contributed by atoms with van der Waals surface area (Å²) in [5.41, 5.74) is 3.50. The number of ether oxygens (including phenoxy) is 2. The molecule has 0 radical (unpaired) electrons. The first kappa shape index (κ1) is 25.9. The number of ketones is 1. The number of hydrogen-bond donors (Lipinski definition) is 0. The maximum absolute atomic E-state index is 13.7. The summed E-state index contributed by atoms with van der Waals surface area (Å²) >= 11 is 13.1. The largest absolute Gasteiger partial charge is 0.491 e. The van der Waals surface area contributed by atoms with Crippen molar-refractivity contribution < 1.29 is 23.6 Å². The molecule has 34 heavy (non-hydrogen) atoms. The minimum Gasteiger partial charge on any atom is -0.491 e. The topological polar surface area (TPSA) is 69.7 Å². The fraction of sp³-hybridized carbons (Fsp3) is 0.231. The number of benzene rings is 3. The van der Waals surface area contributed by atoms with Crippen molar-refractivity contribution in [1.82, 2.24) is 0 Å². The molecule has 3 rings (SSSR count). The molecule has 0 aromatic heterocycles. The van der Waals surface area contributed by atoms with Gasteiger partial charge in [0.2, 0.25) is 0 Å². The summed E-state index contributed by atoms with van der Waals surface area (Å²) in [7, 11) is -0.129. The molecule has 0 amide bonds. The highest BCUT2D eigenvalue weighted by molar-refractivity contribution is 7.72. The second-order valence-corrected chi connectivity index (χ2v) is 10.0. The number of rotatable bonds is 7. The number of methoxy groups -OCH3 is 2. The molecule has 0 spiro atoms. The van der Waals surface area contributed by atoms with E-state index in [-0.39, 0.29) is 32.4 Å². The van der Waals surface area contributed by atoms with Crippen LogP contribution >= 0.6 is 31.0 Å². The number of hydrogen-bond acceptors (Lipinski definition) is 5. The highest BCUT2D eigenvalue weighted by Crippen LogP contribution is 2.46. The van der Waals surface area contributed by atoms with Gasteiger partial charge in [-0.1, -0.05) is 64.2 Å². The first-order valence-electron chi connectivity index (χ1n) is 10.4. The summed E-state index contributed by atoms with van der Waals surface area (Å²) in [6.45, 7) is 7.48. The quantitative estimate of drug-likeness (QED) is 0.255. The Kier molecular flexibility index (Phi) is 7.82. The van der Waals surface area contributed by atoms with Gasteiger partial charge >= 0.3 is 13.3 Å². The highest BCUT2D eigenvalue weighted by atomic mass is 35.5. The standard InChI is InChI=1S/C26H24Cl2O5P/c1-13-12-14(2)18(16(4)15(13)3)26(30)34(31)25-23(32-5)20(27)19(21(28)24(25)33-6)22(29)17-10-8-7-9-11-17/h7-12H,1-6H3/q+1. The molecular weight excluding hydrogens is 494 g/mol. The Morgan fingerprint density at radius 3 is 1.82 bits per heavy atom. The summed E-state index contributed by atoms with van der Waals surface area (Å²) < 4.78 is 24.6. The molecule has 0 saturated heterocycles. The SMILES string of the molecule is COc1c(Cl)c(C(=O)c2ccccc2)c(Cl)c(OC)c1[P+](=O)C(=O)c1c(C)cc(C)c(C)c1C. The zero-order chi connectivity index (χ0) is 25.3. The van der Waals surface area contributed by atoms with Crippen LogP contribution in [0.4, 0.5) is 0 Å². The van der Waals surface area contributed by atoms with E-state index >= 15 is 0 Å². The van der Waals surface area contributed by atoms with Crippen molar-refractivity contribution in [1.29, 1.82) is 0 Å². The maximum atomic E-state index is 13.7. The molecular formula is C26H24Cl2O5P+. The lowest BCUT2D eigenvalue weighted by atomic mass is 9.95. The van der Waals surface area contributed by atoms with E-state index in [1.54, 1.807) is 37.3 Å². The minimum absolute atomic E-state index is 0.0543. The second kappa shape index (κ2) is 10.3. The van der Waals surface area contributed by atoms with Gasteiger partial charge in [0, 0.05) is 5.56 Å². The first-order valence-corrected chi connectivity index (χ1v) is 12.4. The monoisotopic (exact) mass is 517 g/mol. The molecule has 3 aromatic rings. The van der Waals surface area contributed by atoms with Gasteiger partial charge in [-0.15, -0.1) is 0 Å². The first-order chi connectivity index (χ1) is 16.1. The Morgan fingerprint density at radius 1 is 0.794 bits per heavy atom. The van der Waals surface area contributed by atoms with E-state index in [0.717, 1.165) is 16.7 Å². The molecule has 0 saturated carbocycles. The van der Waals surface area contributed by atoms with Crippen LogP contribution in [0.1, 0.15) is 48.5 Å². The third-order valence-corrected chi connectivity index (χ3v) is 8.02. The molecule has 3 aromatic carbocycles. The molecule has 1 atom stereocenters. The Balaban J connectivity index is 2.26. The minimum atomic E-state index is -2.76. The summed E-state index contributed by atoms with van der Waals surface area (Å²) in [6.07, 6.45) is 0. The number of carbonyl (C=O) groups excluding carboxylic acids is 2. The molecule has 0 heterocycles. The van der Waals surface area contributed by atoms with E-state index in [2.05, 4.69) is 0 Å². The van der Waals surface area contributed by atoms with Crippen LogP contribution in [0.15, 0.2) is 36.4 Å². The Labute approximate surface area is 209 Å². The summed E-state index contributed by atoms with van der Waals surface area (Å²) in [4.78, 5) is 26.7. The molecule has 0 N–H and O–H groups in total. The van der Waals surface area contributed by atoms with E-state index in [1.807, 2.05) is 26.8 Å². The Bertz CT molecular complexity index is 1300. The van der Waals surface area contributed by atoms with Gasteiger partial charge in [-0.2, -0.15) is 0 Å². The normalized spacial score (nSPS) is 11.2. The van der Waals surface area contributed by atoms with Gasteiger partial charge in [0.05, 0.1) is 25.3 Å². The molecule has 0 bridgehead atoms. The Morgan fingerprint density at radius 2 is 1.32 bits per heavy atom. The molecule has 0 aliphatic carbocycles. The molecule has 176 valence electrons. The van der Waals surface area contributed by atoms with E-state index in [4.69, 9.17) is 32.7 Å². The lowest BCUT2D eigenvalue weighted by Gasteiger charge is -2.15. The van der Waals surface area contributed by atoms with Crippen LogP contribution in [0.25, 0.3) is 0 Å². The van der Waals surface area contributed by atoms with Gasteiger partial charge in [-0.3, -0.25) is 4.79 Å². The lowest BCUT2D eigenvalue weighted by Crippen LogP contribution is -2.17. The fourth-order valence-electron chi connectivity index (χ4n) is 3.94. The predicted molar refractivity (Wildman–Crippen MR) is 136 cm³/mol. The van der Waals surface area contributed by atoms with Crippen LogP contribution in [-0.2, 0) is 4.57 Å². The van der Waals surface area contributed by atoms with E-state index in [0.29, 0.717) is 16.7 Å². The van der Waals surface area contributed by atoms with Gasteiger partial charge in [0.25, 0.3) is 5.30 Å². The van der Waals surface area contributed by atoms with Crippen molar-refractivity contribution in [3.05, 3.63) is 85.4 Å². The van der Waals surface area contributed by atoms with Crippen LogP contribution in [0.3, 0.4) is 0 Å². The zero-order valence-electron chi connectivity index (χ0n) is 19.7. The molecule has 5 nitrogen and oxygen atoms in total. The average Bonchev–Trinajstić information content (AvgIpc) is 2.82. The molecule has 0 fully saturated rings. The van der Waals surface area contributed by atoms with Crippen LogP contribution in [0.2, 0.25) is 10.0 Å². The lowest BCUT2D eigenvalue weighted by molar-refractivity contribution is 0.103. The van der Waals surface area contributed by atoms with Crippen molar-refractivity contribution in [2.24, 2.45) is 0 Å². The number of aryl methyl sites for hydroxylation is 2. The average molecular weight is 518 g/mol. The number of carbonyl (C=O) groups is 2. The van der Waals surface area contributed by atoms with Gasteiger partial charge in [0.1, 0.15) is 10.0 Å². The van der Waals surface area contributed by atoms with Crippen LogP contribution in [-0.4, -0.2) is 25.5 Å². The predicted octanol–water partition coefficient (Wildman–Crippen LogP) is 6.77. The molecule has 0 aliphatic heterocycles. The van der Waals surface area contributed by atoms with E-state index in [9.17, 15) is 14.2 Å². The third-order valence-electron chi connectivity index (χ3n) is 5.90. The fourth-order valence-corrected chi connectivity index (χ4v) is 6.35. The summed E-state index contributed by atoms with van der Waals surface area (Å²) in [5.74, 6) is -0.632. The molecule has 0 aliphatic rings. The maximum Gasteiger partial charge on any atom is 0.466 e. The van der Waals surface area contributed by atoms with Gasteiger partial charge in [-0.05, 0) is 49.9 Å². The smallest absolute Gasteiger partial charge is 0.466 e. The van der Waals surface area contributed by atoms with Crippen molar-refractivity contribution in [3.8, 4) is 11.5 Å². The van der Waals surface area contributed by atoms with E-state index < -0.39 is 19.1 Å². The highest BCUT2D eigenvalue weighted by Gasteiger charge is 2.45. The van der Waals surface area contributed by atoms with Gasteiger partial charge < -0.3 is 9.47 Å². The van der Waals surface area contributed by atoms with Crippen molar-refractivity contribution in [2.75, 3.05) is 14.2 Å². The molecule has 1 unspecified atom stereocenters. The van der Waals surface area contributed by atoms with Crippen molar-refractivity contribution in [2.45, 2.75) is 27.7 Å². The van der Waals surface area contributed by atoms with E-state index in [1.165, 1.54) is 14.2 Å². The third kappa shape index (κ3) is 4.36. The van der Waals surface area contributed by atoms with Crippen molar-refractivity contribution in [3.63, 3.8) is 0 Å². The summed E-state index contributed by atoms with van der Waals surface area (Å²) in [5, 5.41) is -0.356. The Hall–Kier alpha value is -2.72.